The van der Waals surface area contributed by atoms with Gasteiger partial charge in [-0.05, 0) is 60.4 Å². The zero-order chi connectivity index (χ0) is 20.9. The first-order valence-electron chi connectivity index (χ1n) is 10.6. The minimum atomic E-state index is 0.0936. The molecular weight excluding hydrogens is 396 g/mol. The van der Waals surface area contributed by atoms with Crippen molar-refractivity contribution in [3.05, 3.63) is 58.3 Å². The average Bonchev–Trinajstić information content (AvgIpc) is 3.31. The first-order chi connectivity index (χ1) is 14.6. The number of likely N-dealkylation sites (tertiary alicyclic amines) is 2. The van der Waals surface area contributed by atoms with Crippen molar-refractivity contribution in [1.82, 2.24) is 9.80 Å². The molecule has 0 unspecified atom stereocenters. The molecule has 1 aromatic carbocycles. The van der Waals surface area contributed by atoms with Crippen LogP contribution in [0.2, 0.25) is 0 Å². The number of methoxy groups -OCH3 is 1. The van der Waals surface area contributed by atoms with Crippen LogP contribution in [0.1, 0.15) is 29.7 Å². The summed E-state index contributed by atoms with van der Waals surface area (Å²) in [7, 11) is 1.64. The number of thiophene rings is 1. The number of rotatable bonds is 5. The highest BCUT2D eigenvalue weighted by Gasteiger charge is 2.38. The van der Waals surface area contributed by atoms with E-state index in [-0.39, 0.29) is 17.9 Å². The Bertz CT molecular complexity index is 892. The Labute approximate surface area is 181 Å². The summed E-state index contributed by atoms with van der Waals surface area (Å²) >= 11 is 1.63. The fraction of sp³-hybridized carbons (Fsp3) is 0.417. The topological polar surface area (TPSA) is 49.9 Å². The van der Waals surface area contributed by atoms with Gasteiger partial charge in [-0.3, -0.25) is 9.59 Å². The number of fused-ring (bicyclic) bond motifs is 1. The van der Waals surface area contributed by atoms with E-state index in [1.165, 1.54) is 0 Å². The lowest BCUT2D eigenvalue weighted by Crippen LogP contribution is -2.56. The van der Waals surface area contributed by atoms with Gasteiger partial charge in [-0.1, -0.05) is 18.2 Å². The summed E-state index contributed by atoms with van der Waals surface area (Å²) in [5.41, 5.74) is 1.00. The minimum absolute atomic E-state index is 0.0936. The number of piperidine rings is 2. The summed E-state index contributed by atoms with van der Waals surface area (Å²) in [5, 5.41) is 2.01. The van der Waals surface area contributed by atoms with E-state index in [1.807, 2.05) is 57.7 Å². The summed E-state index contributed by atoms with van der Waals surface area (Å²) in [6, 6.07) is 11.9. The molecule has 0 bridgehead atoms. The van der Waals surface area contributed by atoms with Gasteiger partial charge >= 0.3 is 0 Å². The first kappa shape index (κ1) is 20.7. The molecule has 2 fully saturated rings. The van der Waals surface area contributed by atoms with Crippen LogP contribution in [0.5, 0.6) is 5.75 Å². The van der Waals surface area contributed by atoms with E-state index in [9.17, 15) is 9.59 Å². The van der Waals surface area contributed by atoms with Gasteiger partial charge in [0.15, 0.2) is 0 Å². The molecule has 2 aliphatic heterocycles. The number of carbonyl (C=O) groups is 2. The van der Waals surface area contributed by atoms with Gasteiger partial charge in [0.2, 0.25) is 11.8 Å². The zero-order valence-corrected chi connectivity index (χ0v) is 18.1. The normalized spacial score (nSPS) is 21.5. The molecule has 4 rings (SSSR count). The van der Waals surface area contributed by atoms with E-state index in [2.05, 4.69) is 0 Å². The molecule has 2 aromatic rings. The van der Waals surface area contributed by atoms with Gasteiger partial charge in [0.1, 0.15) is 5.75 Å². The quantitative estimate of drug-likeness (QED) is 0.685. The van der Waals surface area contributed by atoms with Gasteiger partial charge < -0.3 is 14.5 Å². The highest BCUT2D eigenvalue weighted by atomic mass is 32.1. The van der Waals surface area contributed by atoms with E-state index in [4.69, 9.17) is 4.74 Å². The summed E-state index contributed by atoms with van der Waals surface area (Å²) in [6.45, 7) is 2.28. The Hall–Kier alpha value is -2.60. The summed E-state index contributed by atoms with van der Waals surface area (Å²) in [5.74, 6) is 1.43. The van der Waals surface area contributed by atoms with Crippen LogP contribution in [-0.2, 0) is 16.0 Å². The van der Waals surface area contributed by atoms with E-state index in [1.54, 1.807) is 24.5 Å². The van der Waals surface area contributed by atoms with Crippen LogP contribution < -0.4 is 4.74 Å². The van der Waals surface area contributed by atoms with Gasteiger partial charge in [-0.2, -0.15) is 0 Å². The minimum Gasteiger partial charge on any atom is -0.497 e. The van der Waals surface area contributed by atoms with E-state index >= 15 is 0 Å². The second kappa shape index (κ2) is 9.47. The second-order valence-corrected chi connectivity index (χ2v) is 8.98. The predicted molar refractivity (Wildman–Crippen MR) is 119 cm³/mol. The molecular formula is C24H28N2O3S. The Morgan fingerprint density at radius 1 is 1.17 bits per heavy atom. The molecule has 0 radical (unpaired) electrons. The second-order valence-electron chi connectivity index (χ2n) is 8.00. The molecule has 0 spiro atoms. The molecule has 2 aliphatic rings. The van der Waals surface area contributed by atoms with Crippen LogP contribution >= 0.6 is 11.3 Å². The summed E-state index contributed by atoms with van der Waals surface area (Å²) in [6.07, 6.45) is 6.96. The Morgan fingerprint density at radius 3 is 2.73 bits per heavy atom. The predicted octanol–water partition coefficient (Wildman–Crippen LogP) is 3.85. The average molecular weight is 425 g/mol. The molecule has 0 saturated carbocycles. The lowest BCUT2D eigenvalue weighted by Gasteiger charge is -2.47. The smallest absolute Gasteiger partial charge is 0.246 e. The molecule has 0 aliphatic carbocycles. The summed E-state index contributed by atoms with van der Waals surface area (Å²) in [4.78, 5) is 30.8. The lowest BCUT2D eigenvalue weighted by atomic mass is 9.83. The maximum absolute atomic E-state index is 12.8. The Balaban J connectivity index is 1.35. The first-order valence-corrected chi connectivity index (χ1v) is 11.4. The molecule has 2 amide bonds. The molecule has 158 valence electrons. The number of nitrogens with zero attached hydrogens (tertiary/aromatic N) is 2. The van der Waals surface area contributed by atoms with Gasteiger partial charge in [-0.15, -0.1) is 11.3 Å². The van der Waals surface area contributed by atoms with Crippen molar-refractivity contribution in [1.29, 1.82) is 0 Å². The maximum atomic E-state index is 12.8. The van der Waals surface area contributed by atoms with Crippen LogP contribution in [-0.4, -0.2) is 54.4 Å². The molecule has 5 nitrogen and oxygen atoms in total. The number of amides is 2. The lowest BCUT2D eigenvalue weighted by molar-refractivity contribution is -0.138. The highest BCUT2D eigenvalue weighted by molar-refractivity contribution is 7.10. The van der Waals surface area contributed by atoms with Crippen molar-refractivity contribution in [3.8, 4) is 5.75 Å². The van der Waals surface area contributed by atoms with E-state index < -0.39 is 0 Å². The Morgan fingerprint density at radius 2 is 2.00 bits per heavy atom. The maximum Gasteiger partial charge on any atom is 0.246 e. The standard InChI is InChI=1S/C24H28N2O3S/c1-29-20-8-6-18(7-9-20)16-24(28)25-14-12-22-19(17-25)4-2-13-26(22)23(27)11-10-21-5-3-15-30-21/h3,5-11,15,19,22H,2,4,12-14,16-17H2,1H3/b11-10+/t19-,22+/m0/s1. The van der Waals surface area contributed by atoms with Crippen molar-refractivity contribution in [2.24, 2.45) is 5.92 Å². The highest BCUT2D eigenvalue weighted by Crippen LogP contribution is 2.31. The van der Waals surface area contributed by atoms with Crippen LogP contribution in [0.25, 0.3) is 6.08 Å². The molecule has 0 N–H and O–H groups in total. The van der Waals surface area contributed by atoms with Crippen LogP contribution in [0.15, 0.2) is 47.9 Å². The van der Waals surface area contributed by atoms with Gasteiger partial charge in [0.25, 0.3) is 0 Å². The van der Waals surface area contributed by atoms with Crippen molar-refractivity contribution in [2.45, 2.75) is 31.7 Å². The summed E-state index contributed by atoms with van der Waals surface area (Å²) < 4.78 is 5.19. The van der Waals surface area contributed by atoms with Gasteiger partial charge in [0, 0.05) is 36.6 Å². The fourth-order valence-electron chi connectivity index (χ4n) is 4.57. The fourth-order valence-corrected chi connectivity index (χ4v) is 5.19. The number of benzene rings is 1. The zero-order valence-electron chi connectivity index (χ0n) is 17.3. The largest absolute Gasteiger partial charge is 0.497 e. The third-order valence-electron chi connectivity index (χ3n) is 6.15. The molecule has 2 atom stereocenters. The Kier molecular flexibility index (Phi) is 6.53. The van der Waals surface area contributed by atoms with Crippen molar-refractivity contribution >= 4 is 29.2 Å². The van der Waals surface area contributed by atoms with Crippen molar-refractivity contribution in [2.75, 3.05) is 26.7 Å². The molecule has 6 heteroatoms. The van der Waals surface area contributed by atoms with Crippen LogP contribution in [0.3, 0.4) is 0 Å². The third kappa shape index (κ3) is 4.75. The van der Waals surface area contributed by atoms with Crippen molar-refractivity contribution < 1.29 is 14.3 Å². The molecule has 2 saturated heterocycles. The molecule has 3 heterocycles. The van der Waals surface area contributed by atoms with Gasteiger partial charge in [0.05, 0.1) is 13.5 Å². The van der Waals surface area contributed by atoms with E-state index in [0.29, 0.717) is 18.9 Å². The number of hydrogen-bond acceptors (Lipinski definition) is 4. The third-order valence-corrected chi connectivity index (χ3v) is 6.99. The number of ether oxygens (including phenoxy) is 1. The number of hydrogen-bond donors (Lipinski definition) is 0. The number of carbonyl (C=O) groups excluding carboxylic acids is 2. The van der Waals surface area contributed by atoms with E-state index in [0.717, 1.165) is 48.5 Å². The van der Waals surface area contributed by atoms with Gasteiger partial charge in [-0.25, -0.2) is 0 Å². The molecule has 1 aromatic heterocycles. The SMILES string of the molecule is COc1ccc(CC(=O)N2CC[C@@H]3[C@@H](CCCN3C(=O)/C=C/c3cccs3)C2)cc1. The molecule has 30 heavy (non-hydrogen) atoms. The van der Waals surface area contributed by atoms with Crippen LogP contribution in [0, 0.1) is 5.92 Å². The van der Waals surface area contributed by atoms with Crippen LogP contribution in [0.4, 0.5) is 0 Å². The monoisotopic (exact) mass is 424 g/mol. The van der Waals surface area contributed by atoms with Crippen molar-refractivity contribution in [3.63, 3.8) is 0 Å².